The van der Waals surface area contributed by atoms with Crippen molar-refractivity contribution >= 4 is 50.5 Å². The zero-order chi connectivity index (χ0) is 20.4. The Hall–Kier alpha value is -1.97. The van der Waals surface area contributed by atoms with Gasteiger partial charge >= 0.3 is 6.18 Å². The number of sulfonamides is 1. The van der Waals surface area contributed by atoms with Gasteiger partial charge in [0.2, 0.25) is 15.9 Å². The summed E-state index contributed by atoms with van der Waals surface area (Å²) in [6, 6.07) is 7.96. The second-order valence-corrected chi connectivity index (χ2v) is 8.24. The summed E-state index contributed by atoms with van der Waals surface area (Å²) in [5, 5.41) is 2.83. The zero-order valence-electron chi connectivity index (χ0n) is 13.7. The van der Waals surface area contributed by atoms with E-state index in [1.165, 1.54) is 18.2 Å². The largest absolute Gasteiger partial charge is 0.416 e. The average Bonchev–Trinajstić information content (AvgIpc) is 2.54. The molecule has 0 bridgehead atoms. The Morgan fingerprint density at radius 2 is 1.81 bits per heavy atom. The van der Waals surface area contributed by atoms with E-state index in [4.69, 9.17) is 23.2 Å². The standard InChI is InChI=1S/C16H13Cl2F3N2O3S/c1-27(25,26)23(12-4-2-3-10(7-12)16(19,20)21)9-15(24)22-14-8-11(17)5-6-13(14)18/h2-8H,9H2,1H3,(H,22,24). The molecule has 146 valence electrons. The Balaban J connectivity index is 2.31. The van der Waals surface area contributed by atoms with Crippen molar-refractivity contribution in [2.45, 2.75) is 6.18 Å². The van der Waals surface area contributed by atoms with Crippen LogP contribution >= 0.6 is 23.2 Å². The molecule has 2 aromatic rings. The number of hydrogen-bond acceptors (Lipinski definition) is 3. The van der Waals surface area contributed by atoms with Crippen LogP contribution in [0.15, 0.2) is 42.5 Å². The average molecular weight is 441 g/mol. The van der Waals surface area contributed by atoms with Gasteiger partial charge in [0.05, 0.1) is 28.2 Å². The molecule has 2 rings (SSSR count). The van der Waals surface area contributed by atoms with Gasteiger partial charge in [-0.15, -0.1) is 0 Å². The molecule has 27 heavy (non-hydrogen) atoms. The summed E-state index contributed by atoms with van der Waals surface area (Å²) in [6.07, 6.45) is -3.87. The van der Waals surface area contributed by atoms with E-state index in [9.17, 15) is 26.4 Å². The van der Waals surface area contributed by atoms with Crippen LogP contribution in [0.4, 0.5) is 24.5 Å². The molecule has 1 N–H and O–H groups in total. The van der Waals surface area contributed by atoms with E-state index < -0.39 is 34.2 Å². The molecule has 0 saturated carbocycles. The molecule has 0 saturated heterocycles. The summed E-state index contributed by atoms with van der Waals surface area (Å²) in [5.74, 6) is -0.804. The number of nitrogens with zero attached hydrogens (tertiary/aromatic N) is 1. The Bertz CT molecular complexity index is 966. The maximum absolute atomic E-state index is 12.9. The monoisotopic (exact) mass is 440 g/mol. The van der Waals surface area contributed by atoms with Crippen molar-refractivity contribution in [1.82, 2.24) is 0 Å². The van der Waals surface area contributed by atoms with Gasteiger partial charge in [0.15, 0.2) is 0 Å². The lowest BCUT2D eigenvalue weighted by molar-refractivity contribution is -0.137. The molecule has 0 heterocycles. The molecule has 5 nitrogen and oxygen atoms in total. The zero-order valence-corrected chi connectivity index (χ0v) is 16.0. The maximum Gasteiger partial charge on any atom is 0.416 e. The van der Waals surface area contributed by atoms with Crippen LogP contribution in [-0.4, -0.2) is 27.1 Å². The summed E-state index contributed by atoms with van der Waals surface area (Å²) in [5.41, 5.74) is -1.18. The minimum atomic E-state index is -4.66. The second kappa shape index (κ2) is 7.95. The van der Waals surface area contributed by atoms with E-state index in [2.05, 4.69) is 5.32 Å². The highest BCUT2D eigenvalue weighted by Gasteiger charge is 2.32. The van der Waals surface area contributed by atoms with Crippen LogP contribution in [0.1, 0.15) is 5.56 Å². The SMILES string of the molecule is CS(=O)(=O)N(CC(=O)Nc1cc(Cl)ccc1Cl)c1cccc(C(F)(F)F)c1. The molecule has 0 unspecified atom stereocenters. The van der Waals surface area contributed by atoms with Crippen molar-refractivity contribution in [1.29, 1.82) is 0 Å². The van der Waals surface area contributed by atoms with Crippen LogP contribution in [0.2, 0.25) is 10.0 Å². The Morgan fingerprint density at radius 3 is 2.41 bits per heavy atom. The maximum atomic E-state index is 12.9. The van der Waals surface area contributed by atoms with Gasteiger partial charge in [-0.2, -0.15) is 13.2 Å². The van der Waals surface area contributed by atoms with Crippen LogP contribution in [-0.2, 0) is 21.0 Å². The van der Waals surface area contributed by atoms with Gasteiger partial charge in [0.1, 0.15) is 6.54 Å². The fourth-order valence-corrected chi connectivity index (χ4v) is 3.34. The first-order chi connectivity index (χ1) is 12.4. The van der Waals surface area contributed by atoms with Gasteiger partial charge < -0.3 is 5.32 Å². The third kappa shape index (κ3) is 5.75. The minimum Gasteiger partial charge on any atom is -0.323 e. The van der Waals surface area contributed by atoms with Gasteiger partial charge in [-0.3, -0.25) is 9.10 Å². The van der Waals surface area contributed by atoms with Crippen molar-refractivity contribution in [3.63, 3.8) is 0 Å². The number of carbonyl (C=O) groups is 1. The molecule has 0 aliphatic heterocycles. The topological polar surface area (TPSA) is 66.5 Å². The highest BCUT2D eigenvalue weighted by Crippen LogP contribution is 2.32. The summed E-state index contributed by atoms with van der Waals surface area (Å²) in [4.78, 5) is 12.2. The molecular formula is C16H13Cl2F3N2O3S. The molecular weight excluding hydrogens is 428 g/mol. The first-order valence-corrected chi connectivity index (χ1v) is 9.88. The van der Waals surface area contributed by atoms with Crippen molar-refractivity contribution in [2.75, 3.05) is 22.4 Å². The number of alkyl halides is 3. The predicted molar refractivity (Wildman–Crippen MR) is 98.7 cm³/mol. The number of amides is 1. The van der Waals surface area contributed by atoms with Crippen LogP contribution < -0.4 is 9.62 Å². The van der Waals surface area contributed by atoms with E-state index >= 15 is 0 Å². The number of nitrogens with one attached hydrogen (secondary N) is 1. The number of hydrogen-bond donors (Lipinski definition) is 1. The predicted octanol–water partition coefficient (Wildman–Crippen LogP) is 4.42. The summed E-state index contributed by atoms with van der Waals surface area (Å²) in [7, 11) is -4.04. The third-order valence-corrected chi connectivity index (χ3v) is 5.06. The second-order valence-electron chi connectivity index (χ2n) is 5.49. The van der Waals surface area contributed by atoms with Crippen molar-refractivity contribution in [2.24, 2.45) is 0 Å². The van der Waals surface area contributed by atoms with Crippen LogP contribution in [0, 0.1) is 0 Å². The first-order valence-electron chi connectivity index (χ1n) is 7.28. The molecule has 0 aliphatic carbocycles. The van der Waals surface area contributed by atoms with Crippen LogP contribution in [0.25, 0.3) is 0 Å². The van der Waals surface area contributed by atoms with Gasteiger partial charge in [0, 0.05) is 5.02 Å². The van der Waals surface area contributed by atoms with Gasteiger partial charge in [-0.1, -0.05) is 29.3 Å². The summed E-state index contributed by atoms with van der Waals surface area (Å²) >= 11 is 11.7. The van der Waals surface area contributed by atoms with Crippen molar-refractivity contribution < 1.29 is 26.4 Å². The fraction of sp³-hybridized carbons (Fsp3) is 0.188. The van der Waals surface area contributed by atoms with Gasteiger partial charge in [-0.25, -0.2) is 8.42 Å². The Labute approximate surface area is 163 Å². The minimum absolute atomic E-state index is 0.145. The molecule has 2 aromatic carbocycles. The fourth-order valence-electron chi connectivity index (χ4n) is 2.15. The van der Waals surface area contributed by atoms with E-state index in [-0.39, 0.29) is 21.4 Å². The smallest absolute Gasteiger partial charge is 0.323 e. The third-order valence-electron chi connectivity index (χ3n) is 3.35. The lowest BCUT2D eigenvalue weighted by atomic mass is 10.2. The Kier molecular flexibility index (Phi) is 6.28. The molecule has 0 fully saturated rings. The molecule has 0 radical (unpaired) electrons. The summed E-state index contributed by atoms with van der Waals surface area (Å²) < 4.78 is 63.3. The van der Waals surface area contributed by atoms with E-state index in [0.717, 1.165) is 24.5 Å². The Morgan fingerprint density at radius 1 is 1.15 bits per heavy atom. The number of halogens is 5. The molecule has 0 aliphatic rings. The highest BCUT2D eigenvalue weighted by atomic mass is 35.5. The molecule has 11 heteroatoms. The van der Waals surface area contributed by atoms with Gasteiger partial charge in [-0.05, 0) is 36.4 Å². The van der Waals surface area contributed by atoms with Crippen LogP contribution in [0.3, 0.4) is 0 Å². The van der Waals surface area contributed by atoms with E-state index in [0.29, 0.717) is 10.4 Å². The lowest BCUT2D eigenvalue weighted by Crippen LogP contribution is -2.37. The molecule has 0 atom stereocenters. The quantitative estimate of drug-likeness (QED) is 0.748. The number of carbonyl (C=O) groups excluding carboxylic acids is 1. The number of anilines is 2. The van der Waals surface area contributed by atoms with Crippen LogP contribution in [0.5, 0.6) is 0 Å². The lowest BCUT2D eigenvalue weighted by Gasteiger charge is -2.23. The first kappa shape index (κ1) is 21.3. The van der Waals surface area contributed by atoms with Crippen molar-refractivity contribution in [3.05, 3.63) is 58.1 Å². The van der Waals surface area contributed by atoms with Gasteiger partial charge in [0.25, 0.3) is 0 Å². The normalized spacial score (nSPS) is 11.9. The molecule has 0 aromatic heterocycles. The molecule has 0 spiro atoms. The summed E-state index contributed by atoms with van der Waals surface area (Å²) in [6.45, 7) is -0.747. The number of rotatable bonds is 5. The molecule has 1 amide bonds. The van der Waals surface area contributed by atoms with Crippen molar-refractivity contribution in [3.8, 4) is 0 Å². The highest BCUT2D eigenvalue weighted by molar-refractivity contribution is 7.92. The number of benzene rings is 2. The van der Waals surface area contributed by atoms with E-state index in [1.54, 1.807) is 0 Å². The van der Waals surface area contributed by atoms with E-state index in [1.807, 2.05) is 0 Å².